The van der Waals surface area contributed by atoms with Crippen molar-refractivity contribution < 1.29 is 14.0 Å². The van der Waals surface area contributed by atoms with Crippen molar-refractivity contribution in [1.29, 1.82) is 0 Å². The highest BCUT2D eigenvalue weighted by Gasteiger charge is 2.19. The molecule has 0 aliphatic heterocycles. The molecule has 2 N–H and O–H groups in total. The van der Waals surface area contributed by atoms with Gasteiger partial charge in [-0.1, -0.05) is 11.6 Å². The summed E-state index contributed by atoms with van der Waals surface area (Å²) in [6.07, 6.45) is 0. The average Bonchev–Trinajstić information content (AvgIpc) is 3.39. The molecule has 0 spiro atoms. The van der Waals surface area contributed by atoms with Crippen LogP contribution >= 0.6 is 34.3 Å². The molecule has 0 fully saturated rings. The van der Waals surface area contributed by atoms with Crippen molar-refractivity contribution in [1.82, 2.24) is 10.3 Å². The second-order valence-electron chi connectivity index (χ2n) is 6.36. The largest absolute Gasteiger partial charge is 0.451 e. The van der Waals surface area contributed by atoms with Crippen LogP contribution in [0.25, 0.3) is 21.5 Å². The maximum absolute atomic E-state index is 12.7. The van der Waals surface area contributed by atoms with E-state index in [1.807, 2.05) is 24.4 Å². The molecule has 1 aromatic carbocycles. The van der Waals surface area contributed by atoms with Crippen molar-refractivity contribution in [2.45, 2.75) is 20.4 Å². The monoisotopic (exact) mass is 445 g/mol. The van der Waals surface area contributed by atoms with Gasteiger partial charge in [0, 0.05) is 33.2 Å². The molecule has 0 radical (unpaired) electrons. The summed E-state index contributed by atoms with van der Waals surface area (Å²) in [5.41, 5.74) is 2.12. The van der Waals surface area contributed by atoms with Crippen LogP contribution in [0.3, 0.4) is 0 Å². The Kier molecular flexibility index (Phi) is 5.40. The minimum atomic E-state index is -0.353. The molecule has 148 valence electrons. The number of nitrogens with one attached hydrogen (secondary N) is 2. The van der Waals surface area contributed by atoms with Gasteiger partial charge < -0.3 is 9.73 Å². The van der Waals surface area contributed by atoms with Gasteiger partial charge in [-0.3, -0.25) is 14.9 Å². The number of carbonyl (C=O) groups excluding carboxylic acids is 2. The van der Waals surface area contributed by atoms with Crippen LogP contribution < -0.4 is 10.6 Å². The zero-order valence-electron chi connectivity index (χ0n) is 15.5. The number of fused-ring (bicyclic) bond motifs is 1. The van der Waals surface area contributed by atoms with Gasteiger partial charge in [0.2, 0.25) is 5.91 Å². The molecule has 0 unspecified atom stereocenters. The number of thiazole rings is 1. The summed E-state index contributed by atoms with van der Waals surface area (Å²) in [6.45, 7) is 3.80. The van der Waals surface area contributed by atoms with Gasteiger partial charge in [0.1, 0.15) is 5.58 Å². The van der Waals surface area contributed by atoms with E-state index >= 15 is 0 Å². The van der Waals surface area contributed by atoms with Crippen molar-refractivity contribution in [3.8, 4) is 10.6 Å². The highest BCUT2D eigenvalue weighted by Crippen LogP contribution is 2.32. The number of thiophene rings is 1. The average molecular weight is 446 g/mol. The summed E-state index contributed by atoms with van der Waals surface area (Å²) in [5.74, 6) is -0.178. The minimum absolute atomic E-state index is 0.0678. The van der Waals surface area contributed by atoms with Gasteiger partial charge in [-0.25, -0.2) is 4.98 Å². The Hall–Kier alpha value is -2.68. The number of furan rings is 1. The highest BCUT2D eigenvalue weighted by molar-refractivity contribution is 7.17. The number of rotatable bonds is 5. The van der Waals surface area contributed by atoms with Crippen LogP contribution in [0, 0.1) is 6.92 Å². The molecular weight excluding hydrogens is 430 g/mol. The second-order valence-corrected chi connectivity index (χ2v) is 8.83. The van der Waals surface area contributed by atoms with E-state index < -0.39 is 0 Å². The first-order chi connectivity index (χ1) is 13.9. The molecule has 3 aromatic heterocycles. The SMILES string of the molecule is CC(=O)NCc1ccc(-c2csc(NC(=O)c3oc4ccc(Cl)cc4c3C)n2)s1. The number of halogens is 1. The topological polar surface area (TPSA) is 84.2 Å². The van der Waals surface area contributed by atoms with Gasteiger partial charge in [0.05, 0.1) is 17.1 Å². The van der Waals surface area contributed by atoms with Crippen LogP contribution in [0.5, 0.6) is 0 Å². The number of aromatic nitrogens is 1. The van der Waals surface area contributed by atoms with E-state index in [9.17, 15) is 9.59 Å². The lowest BCUT2D eigenvalue weighted by Crippen LogP contribution is -2.17. The van der Waals surface area contributed by atoms with E-state index in [-0.39, 0.29) is 17.6 Å². The van der Waals surface area contributed by atoms with Crippen molar-refractivity contribution in [2.75, 3.05) is 5.32 Å². The third-order valence-corrected chi connectivity index (χ3v) is 6.36. The molecule has 0 aliphatic rings. The van der Waals surface area contributed by atoms with E-state index in [2.05, 4.69) is 15.6 Å². The summed E-state index contributed by atoms with van der Waals surface area (Å²) in [5, 5.41) is 9.35. The van der Waals surface area contributed by atoms with Crippen LogP contribution in [-0.2, 0) is 11.3 Å². The van der Waals surface area contributed by atoms with Crippen molar-refractivity contribution in [2.24, 2.45) is 0 Å². The molecule has 0 atom stereocenters. The number of hydrogen-bond acceptors (Lipinski definition) is 6. The Morgan fingerprint density at radius 1 is 1.24 bits per heavy atom. The van der Waals surface area contributed by atoms with E-state index in [0.29, 0.717) is 22.3 Å². The van der Waals surface area contributed by atoms with Gasteiger partial charge in [0.25, 0.3) is 5.91 Å². The molecule has 0 aliphatic carbocycles. The lowest BCUT2D eigenvalue weighted by molar-refractivity contribution is -0.119. The normalized spacial score (nSPS) is 11.0. The molecule has 9 heteroatoms. The number of nitrogens with zero attached hydrogens (tertiary/aromatic N) is 1. The molecule has 0 saturated carbocycles. The Bertz CT molecular complexity index is 1220. The number of benzene rings is 1. The Balaban J connectivity index is 1.50. The number of anilines is 1. The lowest BCUT2D eigenvalue weighted by Gasteiger charge is -1.99. The highest BCUT2D eigenvalue weighted by atomic mass is 35.5. The Morgan fingerprint density at radius 2 is 2.07 bits per heavy atom. The van der Waals surface area contributed by atoms with Gasteiger partial charge in [-0.15, -0.1) is 22.7 Å². The van der Waals surface area contributed by atoms with Gasteiger partial charge in [-0.05, 0) is 37.3 Å². The fraction of sp³-hybridized carbons (Fsp3) is 0.150. The molecule has 2 amide bonds. The standard InChI is InChI=1S/C20H16ClN3O3S2/c1-10-14-7-12(21)3-5-16(14)27-18(10)19(26)24-20-23-15(9-28-20)17-6-4-13(29-17)8-22-11(2)25/h3-7,9H,8H2,1-2H3,(H,22,25)(H,23,24,26). The number of carbonyl (C=O) groups is 2. The van der Waals surface area contributed by atoms with Crippen molar-refractivity contribution >= 4 is 62.2 Å². The van der Waals surface area contributed by atoms with E-state index in [0.717, 1.165) is 26.4 Å². The van der Waals surface area contributed by atoms with Gasteiger partial charge >= 0.3 is 0 Å². The first-order valence-corrected chi connectivity index (χ1v) is 10.8. The van der Waals surface area contributed by atoms with Crippen molar-refractivity contribution in [3.63, 3.8) is 0 Å². The van der Waals surface area contributed by atoms with Gasteiger partial charge in [-0.2, -0.15) is 0 Å². The summed E-state index contributed by atoms with van der Waals surface area (Å²) < 4.78 is 5.70. The van der Waals surface area contributed by atoms with Crippen LogP contribution in [0.4, 0.5) is 5.13 Å². The molecule has 3 heterocycles. The second kappa shape index (κ2) is 7.98. The van der Waals surface area contributed by atoms with E-state index in [1.54, 1.807) is 29.5 Å². The van der Waals surface area contributed by atoms with Gasteiger partial charge in [0.15, 0.2) is 10.9 Å². The minimum Gasteiger partial charge on any atom is -0.451 e. The third-order valence-electron chi connectivity index (χ3n) is 4.25. The molecule has 6 nitrogen and oxygen atoms in total. The number of hydrogen-bond donors (Lipinski definition) is 2. The quantitative estimate of drug-likeness (QED) is 0.426. The first-order valence-electron chi connectivity index (χ1n) is 8.70. The molecule has 4 aromatic rings. The zero-order chi connectivity index (χ0) is 20.5. The van der Waals surface area contributed by atoms with Crippen LogP contribution in [0.1, 0.15) is 27.9 Å². The van der Waals surface area contributed by atoms with E-state index in [4.69, 9.17) is 16.0 Å². The molecule has 0 bridgehead atoms. The predicted octanol–water partition coefficient (Wildman–Crippen LogP) is 5.47. The van der Waals surface area contributed by atoms with Crippen LogP contribution in [-0.4, -0.2) is 16.8 Å². The number of amides is 2. The molecular formula is C20H16ClN3O3S2. The fourth-order valence-corrected chi connectivity index (χ4v) is 4.69. The van der Waals surface area contributed by atoms with Crippen LogP contribution in [0.15, 0.2) is 40.1 Å². The first kappa shape index (κ1) is 19.6. The zero-order valence-corrected chi connectivity index (χ0v) is 17.9. The Labute approximate surface area is 179 Å². The maximum Gasteiger partial charge on any atom is 0.293 e. The summed E-state index contributed by atoms with van der Waals surface area (Å²) in [7, 11) is 0. The molecule has 29 heavy (non-hydrogen) atoms. The Morgan fingerprint density at radius 3 is 2.86 bits per heavy atom. The van der Waals surface area contributed by atoms with E-state index in [1.165, 1.54) is 18.3 Å². The third kappa shape index (κ3) is 4.19. The molecule has 0 saturated heterocycles. The molecule has 4 rings (SSSR count). The van der Waals surface area contributed by atoms with Crippen molar-refractivity contribution in [3.05, 3.63) is 56.9 Å². The summed E-state index contributed by atoms with van der Waals surface area (Å²) in [4.78, 5) is 30.2. The van der Waals surface area contributed by atoms with Crippen LogP contribution in [0.2, 0.25) is 5.02 Å². The maximum atomic E-state index is 12.7. The summed E-state index contributed by atoms with van der Waals surface area (Å²) in [6, 6.07) is 9.16. The summed E-state index contributed by atoms with van der Waals surface area (Å²) >= 11 is 8.93. The smallest absolute Gasteiger partial charge is 0.293 e. The number of aryl methyl sites for hydroxylation is 1. The fourth-order valence-electron chi connectivity index (χ4n) is 2.83. The predicted molar refractivity (Wildman–Crippen MR) is 117 cm³/mol. The lowest BCUT2D eigenvalue weighted by atomic mass is 10.1.